The van der Waals surface area contributed by atoms with Crippen molar-refractivity contribution in [2.24, 2.45) is 0 Å². The molecule has 22 heavy (non-hydrogen) atoms. The van der Waals surface area contributed by atoms with Gasteiger partial charge in [-0.3, -0.25) is 4.79 Å². The fourth-order valence-corrected chi connectivity index (χ4v) is 2.58. The van der Waals surface area contributed by atoms with Crippen LogP contribution in [0.2, 0.25) is 0 Å². The van der Waals surface area contributed by atoms with E-state index in [0.717, 1.165) is 11.3 Å². The Kier molecular flexibility index (Phi) is 4.11. The molecule has 4 nitrogen and oxygen atoms in total. The SMILES string of the molecule is CN(C)c1ccccc1C(=O)NCC1OC1c1ccccc1. The highest BCUT2D eigenvalue weighted by Crippen LogP contribution is 2.37. The fraction of sp³-hybridized carbons (Fsp3) is 0.278. The first-order valence-electron chi connectivity index (χ1n) is 7.42. The van der Waals surface area contributed by atoms with Crippen LogP contribution < -0.4 is 10.2 Å². The lowest BCUT2D eigenvalue weighted by molar-refractivity contribution is 0.0951. The van der Waals surface area contributed by atoms with Crippen LogP contribution in [0.4, 0.5) is 5.69 Å². The molecule has 0 bridgehead atoms. The van der Waals surface area contributed by atoms with E-state index in [1.54, 1.807) is 0 Å². The molecule has 1 aliphatic heterocycles. The van der Waals surface area contributed by atoms with Gasteiger partial charge in [0.15, 0.2) is 0 Å². The molecule has 2 atom stereocenters. The summed E-state index contributed by atoms with van der Waals surface area (Å²) in [7, 11) is 3.86. The standard InChI is InChI=1S/C18H20N2O2/c1-20(2)15-11-7-6-10-14(15)18(21)19-12-16-17(22-16)13-8-4-3-5-9-13/h3-11,16-17H,12H2,1-2H3,(H,19,21). The second-order valence-corrected chi connectivity index (χ2v) is 5.63. The van der Waals surface area contributed by atoms with Gasteiger partial charge in [-0.15, -0.1) is 0 Å². The third kappa shape index (κ3) is 3.12. The molecule has 114 valence electrons. The Labute approximate surface area is 130 Å². The molecule has 1 saturated heterocycles. The lowest BCUT2D eigenvalue weighted by Gasteiger charge is -2.16. The molecule has 2 aromatic carbocycles. The molecule has 0 radical (unpaired) electrons. The summed E-state index contributed by atoms with van der Waals surface area (Å²) in [5.74, 6) is -0.0633. The first kappa shape index (κ1) is 14.6. The minimum Gasteiger partial charge on any atom is -0.377 e. The summed E-state index contributed by atoms with van der Waals surface area (Å²) < 4.78 is 5.64. The van der Waals surface area contributed by atoms with Crippen molar-refractivity contribution in [2.75, 3.05) is 25.5 Å². The van der Waals surface area contributed by atoms with Crippen molar-refractivity contribution < 1.29 is 9.53 Å². The molecule has 1 amide bonds. The van der Waals surface area contributed by atoms with Crippen molar-refractivity contribution in [3.05, 3.63) is 65.7 Å². The number of carbonyl (C=O) groups excluding carboxylic acids is 1. The van der Waals surface area contributed by atoms with Crippen LogP contribution in [-0.4, -0.2) is 32.7 Å². The minimum absolute atomic E-state index is 0.0633. The lowest BCUT2D eigenvalue weighted by Crippen LogP contribution is -2.29. The molecule has 1 N–H and O–H groups in total. The number of anilines is 1. The van der Waals surface area contributed by atoms with Crippen molar-refractivity contribution in [1.29, 1.82) is 0 Å². The Morgan fingerprint density at radius 2 is 1.77 bits per heavy atom. The molecular weight excluding hydrogens is 276 g/mol. The van der Waals surface area contributed by atoms with Crippen molar-refractivity contribution in [3.8, 4) is 0 Å². The number of hydrogen-bond donors (Lipinski definition) is 1. The van der Waals surface area contributed by atoms with E-state index in [4.69, 9.17) is 4.74 Å². The van der Waals surface area contributed by atoms with Gasteiger partial charge in [-0.2, -0.15) is 0 Å². The molecule has 0 spiro atoms. The van der Waals surface area contributed by atoms with Gasteiger partial charge in [0.25, 0.3) is 5.91 Å². The van der Waals surface area contributed by atoms with Crippen molar-refractivity contribution in [3.63, 3.8) is 0 Å². The number of benzene rings is 2. The summed E-state index contributed by atoms with van der Waals surface area (Å²) in [4.78, 5) is 14.3. The second kappa shape index (κ2) is 6.20. The zero-order valence-electron chi connectivity index (χ0n) is 12.8. The summed E-state index contributed by atoms with van der Waals surface area (Å²) in [6.07, 6.45) is 0.170. The van der Waals surface area contributed by atoms with Gasteiger partial charge in [0.1, 0.15) is 12.2 Å². The monoisotopic (exact) mass is 296 g/mol. The Morgan fingerprint density at radius 1 is 1.09 bits per heavy atom. The van der Waals surface area contributed by atoms with E-state index >= 15 is 0 Å². The molecule has 2 unspecified atom stereocenters. The van der Waals surface area contributed by atoms with Gasteiger partial charge in [0, 0.05) is 26.3 Å². The molecule has 1 aliphatic rings. The first-order valence-corrected chi connectivity index (χ1v) is 7.42. The highest BCUT2D eigenvalue weighted by atomic mass is 16.6. The third-order valence-electron chi connectivity index (χ3n) is 3.80. The number of hydrogen-bond acceptors (Lipinski definition) is 3. The average molecular weight is 296 g/mol. The largest absolute Gasteiger partial charge is 0.377 e. The predicted octanol–water partition coefficient (Wildman–Crippen LogP) is 2.62. The first-order chi connectivity index (χ1) is 10.7. The summed E-state index contributed by atoms with van der Waals surface area (Å²) in [5.41, 5.74) is 2.76. The summed E-state index contributed by atoms with van der Waals surface area (Å²) >= 11 is 0. The second-order valence-electron chi connectivity index (χ2n) is 5.63. The third-order valence-corrected chi connectivity index (χ3v) is 3.80. The van der Waals surface area contributed by atoms with Crippen LogP contribution in [0.1, 0.15) is 22.0 Å². The van der Waals surface area contributed by atoms with Gasteiger partial charge in [-0.1, -0.05) is 42.5 Å². The van der Waals surface area contributed by atoms with E-state index in [0.29, 0.717) is 12.1 Å². The molecule has 0 saturated carbocycles. The zero-order valence-corrected chi connectivity index (χ0v) is 12.8. The van der Waals surface area contributed by atoms with E-state index < -0.39 is 0 Å². The van der Waals surface area contributed by atoms with E-state index in [-0.39, 0.29) is 18.1 Å². The van der Waals surface area contributed by atoms with Gasteiger partial charge < -0.3 is 15.0 Å². The predicted molar refractivity (Wildman–Crippen MR) is 87.2 cm³/mol. The maximum Gasteiger partial charge on any atom is 0.253 e. The summed E-state index contributed by atoms with van der Waals surface area (Å²) in [5, 5.41) is 2.97. The fourth-order valence-electron chi connectivity index (χ4n) is 2.58. The number of amides is 1. The number of para-hydroxylation sites is 1. The molecule has 0 aliphatic carbocycles. The van der Waals surface area contributed by atoms with Crippen molar-refractivity contribution in [2.45, 2.75) is 12.2 Å². The quantitative estimate of drug-likeness (QED) is 0.863. The number of ether oxygens (including phenoxy) is 1. The minimum atomic E-state index is -0.0633. The number of carbonyl (C=O) groups is 1. The van der Waals surface area contributed by atoms with Gasteiger partial charge in [0.2, 0.25) is 0 Å². The van der Waals surface area contributed by atoms with E-state index in [2.05, 4.69) is 5.32 Å². The Morgan fingerprint density at radius 3 is 2.50 bits per heavy atom. The molecular formula is C18H20N2O2. The molecule has 2 aromatic rings. The molecule has 3 rings (SSSR count). The van der Waals surface area contributed by atoms with E-state index in [1.807, 2.05) is 73.6 Å². The molecule has 1 fully saturated rings. The number of rotatable bonds is 5. The Hall–Kier alpha value is -2.33. The van der Waals surface area contributed by atoms with Crippen LogP contribution in [0.15, 0.2) is 54.6 Å². The Bertz CT molecular complexity index is 655. The Balaban J connectivity index is 1.58. The molecule has 4 heteroatoms. The van der Waals surface area contributed by atoms with Crippen LogP contribution in [0, 0.1) is 0 Å². The summed E-state index contributed by atoms with van der Waals surface area (Å²) in [6, 6.07) is 17.7. The van der Waals surface area contributed by atoms with Gasteiger partial charge in [-0.05, 0) is 17.7 Å². The van der Waals surface area contributed by atoms with Crippen LogP contribution in [-0.2, 0) is 4.74 Å². The van der Waals surface area contributed by atoms with E-state index in [1.165, 1.54) is 0 Å². The molecule has 0 aromatic heterocycles. The zero-order chi connectivity index (χ0) is 15.5. The number of epoxide rings is 1. The smallest absolute Gasteiger partial charge is 0.253 e. The van der Waals surface area contributed by atoms with Gasteiger partial charge in [0.05, 0.1) is 5.56 Å². The molecule has 1 heterocycles. The lowest BCUT2D eigenvalue weighted by atomic mass is 10.1. The highest BCUT2D eigenvalue weighted by Gasteiger charge is 2.40. The van der Waals surface area contributed by atoms with Crippen LogP contribution >= 0.6 is 0 Å². The maximum absolute atomic E-state index is 12.4. The maximum atomic E-state index is 12.4. The van der Waals surface area contributed by atoms with Gasteiger partial charge >= 0.3 is 0 Å². The average Bonchev–Trinajstić information content (AvgIpc) is 3.33. The number of nitrogens with one attached hydrogen (secondary N) is 1. The van der Waals surface area contributed by atoms with E-state index in [9.17, 15) is 4.79 Å². The number of nitrogens with zero attached hydrogens (tertiary/aromatic N) is 1. The summed E-state index contributed by atoms with van der Waals surface area (Å²) in [6.45, 7) is 0.528. The van der Waals surface area contributed by atoms with Crippen molar-refractivity contribution >= 4 is 11.6 Å². The topological polar surface area (TPSA) is 44.9 Å². The van der Waals surface area contributed by atoms with Crippen molar-refractivity contribution in [1.82, 2.24) is 5.32 Å². The van der Waals surface area contributed by atoms with Crippen LogP contribution in [0.3, 0.4) is 0 Å². The highest BCUT2D eigenvalue weighted by molar-refractivity contribution is 5.99. The van der Waals surface area contributed by atoms with Crippen LogP contribution in [0.5, 0.6) is 0 Å². The normalized spacial score (nSPS) is 19.5. The van der Waals surface area contributed by atoms with Crippen LogP contribution in [0.25, 0.3) is 0 Å². The van der Waals surface area contributed by atoms with Gasteiger partial charge in [-0.25, -0.2) is 0 Å².